The highest BCUT2D eigenvalue weighted by Crippen LogP contribution is 2.33. The molecule has 0 saturated carbocycles. The Morgan fingerprint density at radius 3 is 1.69 bits per heavy atom. The smallest absolute Gasteiger partial charge is 0.179 e. The SMILES string of the molecule is [2H]c1c([2H])c([2H])c2c(c1[2H])c1c([2H])c(Br)c([2H])c([2H])c1n2-c1cccc([Si](c2ccccc2)(c2ccccc2)c2ccccc2)c1. The summed E-state index contributed by atoms with van der Waals surface area (Å²) in [6.07, 6.45) is 0. The van der Waals surface area contributed by atoms with E-state index >= 15 is 0 Å². The topological polar surface area (TPSA) is 4.93 Å². The molecule has 0 radical (unpaired) electrons. The Morgan fingerprint density at radius 1 is 0.538 bits per heavy atom. The molecule has 0 bridgehead atoms. The standard InChI is InChI=1S/C36H26BrNSi/c37-27-23-24-36-34(25-27)33-21-10-11-22-35(33)38(36)28-13-12-20-32(26-28)39(29-14-4-1-5-15-29,30-16-6-2-7-17-30)31-18-8-3-9-19-31/h1-26H/i10D,11D,21D,22D,23D,24D,25D. The maximum atomic E-state index is 9.05. The van der Waals surface area contributed by atoms with E-state index in [0.717, 1.165) is 5.19 Å². The van der Waals surface area contributed by atoms with Gasteiger partial charge in [-0.15, -0.1) is 0 Å². The lowest BCUT2D eigenvalue weighted by Crippen LogP contribution is -2.74. The summed E-state index contributed by atoms with van der Waals surface area (Å²) in [6.45, 7) is 0. The fraction of sp³-hybridized carbons (Fsp3) is 0. The molecule has 1 nitrogen and oxygen atoms in total. The Bertz CT molecular complexity index is 2120. The van der Waals surface area contributed by atoms with E-state index in [1.54, 1.807) is 4.57 Å². The monoisotopic (exact) mass is 586 g/mol. The van der Waals surface area contributed by atoms with Crippen LogP contribution in [0.4, 0.5) is 0 Å². The third-order valence-electron chi connectivity index (χ3n) is 7.28. The van der Waals surface area contributed by atoms with Crippen LogP contribution in [0.2, 0.25) is 0 Å². The van der Waals surface area contributed by atoms with Crippen LogP contribution in [0.25, 0.3) is 27.5 Å². The zero-order chi connectivity index (χ0) is 32.3. The molecular weight excluding hydrogens is 554 g/mol. The normalized spacial score (nSPS) is 14.2. The summed E-state index contributed by atoms with van der Waals surface area (Å²) in [5.74, 6) is 0. The second kappa shape index (κ2) is 9.85. The first-order valence-corrected chi connectivity index (χ1v) is 15.5. The Hall–Kier alpha value is -4.18. The second-order valence-electron chi connectivity index (χ2n) is 9.37. The van der Waals surface area contributed by atoms with Gasteiger partial charge in [-0.25, -0.2) is 0 Å². The molecule has 0 N–H and O–H groups in total. The molecule has 3 heteroatoms. The molecule has 1 aromatic heterocycles. The van der Waals surface area contributed by atoms with Crippen molar-refractivity contribution in [1.29, 1.82) is 0 Å². The molecule has 0 aliphatic rings. The van der Waals surface area contributed by atoms with Gasteiger partial charge in [0.2, 0.25) is 0 Å². The van der Waals surface area contributed by atoms with Crippen LogP contribution in [0.5, 0.6) is 0 Å². The van der Waals surface area contributed by atoms with Crippen LogP contribution in [-0.2, 0) is 0 Å². The van der Waals surface area contributed by atoms with E-state index in [2.05, 4.69) is 58.4 Å². The van der Waals surface area contributed by atoms with E-state index in [4.69, 9.17) is 9.60 Å². The van der Waals surface area contributed by atoms with Crippen LogP contribution >= 0.6 is 15.9 Å². The van der Waals surface area contributed by atoms with Gasteiger partial charge in [0.1, 0.15) is 0 Å². The molecule has 39 heavy (non-hydrogen) atoms. The minimum Gasteiger partial charge on any atom is -0.309 e. The number of hydrogen-bond acceptors (Lipinski definition) is 0. The largest absolute Gasteiger partial charge is 0.309 e. The predicted molar refractivity (Wildman–Crippen MR) is 172 cm³/mol. The zero-order valence-corrected chi connectivity index (χ0v) is 23.4. The van der Waals surface area contributed by atoms with Crippen molar-refractivity contribution in [2.75, 3.05) is 0 Å². The highest BCUT2D eigenvalue weighted by Gasteiger charge is 2.41. The third-order valence-corrected chi connectivity index (χ3v) is 12.5. The molecule has 1 heterocycles. The number of benzene rings is 6. The summed E-state index contributed by atoms with van der Waals surface area (Å²) in [4.78, 5) is 0. The number of para-hydroxylation sites is 1. The maximum absolute atomic E-state index is 9.05. The first-order chi connectivity index (χ1) is 22.2. The summed E-state index contributed by atoms with van der Waals surface area (Å²) < 4.78 is 63.2. The van der Waals surface area contributed by atoms with Crippen LogP contribution in [0.3, 0.4) is 0 Å². The van der Waals surface area contributed by atoms with Gasteiger partial charge in [0, 0.05) is 20.9 Å². The van der Waals surface area contributed by atoms with Crippen molar-refractivity contribution in [2.24, 2.45) is 0 Å². The molecule has 0 aliphatic carbocycles. The lowest BCUT2D eigenvalue weighted by Gasteiger charge is -2.34. The molecule has 0 amide bonds. The number of rotatable bonds is 5. The maximum Gasteiger partial charge on any atom is 0.179 e. The first-order valence-electron chi connectivity index (χ1n) is 16.2. The third kappa shape index (κ3) is 3.89. The summed E-state index contributed by atoms with van der Waals surface area (Å²) in [6, 6.07) is 37.4. The van der Waals surface area contributed by atoms with Gasteiger partial charge in [0.25, 0.3) is 0 Å². The molecule has 7 aromatic rings. The van der Waals surface area contributed by atoms with Crippen LogP contribution in [0.1, 0.15) is 9.60 Å². The molecule has 0 fully saturated rings. The molecule has 7 rings (SSSR count). The van der Waals surface area contributed by atoms with Gasteiger partial charge in [0.05, 0.1) is 20.6 Å². The van der Waals surface area contributed by atoms with Gasteiger partial charge >= 0.3 is 0 Å². The van der Waals surface area contributed by atoms with Crippen molar-refractivity contribution in [3.05, 3.63) is 162 Å². The molecule has 0 unspecified atom stereocenters. The van der Waals surface area contributed by atoms with Crippen molar-refractivity contribution in [2.45, 2.75) is 0 Å². The van der Waals surface area contributed by atoms with Gasteiger partial charge in [-0.1, -0.05) is 137 Å². The van der Waals surface area contributed by atoms with Gasteiger partial charge in [-0.05, 0) is 57.0 Å². The van der Waals surface area contributed by atoms with Crippen molar-refractivity contribution < 1.29 is 9.60 Å². The molecule has 0 spiro atoms. The number of halogens is 1. The van der Waals surface area contributed by atoms with E-state index in [1.807, 2.05) is 72.8 Å². The van der Waals surface area contributed by atoms with E-state index in [1.165, 1.54) is 15.6 Å². The molecular formula is C36H26BrNSi. The number of hydrogen-bond donors (Lipinski definition) is 0. The Labute approximate surface area is 248 Å². The van der Waals surface area contributed by atoms with E-state index in [9.17, 15) is 0 Å². The van der Waals surface area contributed by atoms with Crippen LogP contribution in [-0.4, -0.2) is 12.6 Å². The van der Waals surface area contributed by atoms with Crippen LogP contribution in [0.15, 0.2) is 162 Å². The Morgan fingerprint density at radius 2 is 1.08 bits per heavy atom. The van der Waals surface area contributed by atoms with Gasteiger partial charge in [-0.2, -0.15) is 0 Å². The molecule has 6 aromatic carbocycles. The molecule has 0 atom stereocenters. The summed E-state index contributed by atoms with van der Waals surface area (Å²) >= 11 is 3.30. The lowest BCUT2D eigenvalue weighted by molar-refractivity contribution is 1.18. The van der Waals surface area contributed by atoms with Gasteiger partial charge in [0.15, 0.2) is 8.07 Å². The quantitative estimate of drug-likeness (QED) is 0.152. The van der Waals surface area contributed by atoms with Gasteiger partial charge < -0.3 is 4.57 Å². The fourth-order valence-corrected chi connectivity index (χ4v) is 10.8. The highest BCUT2D eigenvalue weighted by molar-refractivity contribution is 9.10. The molecule has 0 saturated heterocycles. The Kier molecular flexibility index (Phi) is 4.40. The van der Waals surface area contributed by atoms with E-state index in [0.29, 0.717) is 5.69 Å². The minimum absolute atomic E-state index is 0.0949. The van der Waals surface area contributed by atoms with Crippen molar-refractivity contribution >= 4 is 66.6 Å². The van der Waals surface area contributed by atoms with E-state index < -0.39 is 20.2 Å². The van der Waals surface area contributed by atoms with Gasteiger partial charge in [-0.3, -0.25) is 0 Å². The average Bonchev–Trinajstić information content (AvgIpc) is 3.47. The van der Waals surface area contributed by atoms with Crippen molar-refractivity contribution in [3.8, 4) is 5.69 Å². The van der Waals surface area contributed by atoms with Crippen LogP contribution in [0, 0.1) is 0 Å². The van der Waals surface area contributed by atoms with Crippen molar-refractivity contribution in [3.63, 3.8) is 0 Å². The summed E-state index contributed by atoms with van der Waals surface area (Å²) in [5.41, 5.74) is 0.949. The summed E-state index contributed by atoms with van der Waals surface area (Å²) in [7, 11) is -2.96. The summed E-state index contributed by atoms with van der Waals surface area (Å²) in [5, 5.41) is 4.90. The number of nitrogens with zero attached hydrogens (tertiary/aromatic N) is 1. The Balaban J connectivity index is 1.67. The van der Waals surface area contributed by atoms with Crippen LogP contribution < -0.4 is 20.7 Å². The zero-order valence-electron chi connectivity index (χ0n) is 27.8. The number of aromatic nitrogens is 1. The molecule has 186 valence electrons. The highest BCUT2D eigenvalue weighted by atomic mass is 79.9. The number of fused-ring (bicyclic) bond motifs is 3. The molecule has 0 aliphatic heterocycles. The predicted octanol–water partition coefficient (Wildman–Crippen LogP) is 6.92. The second-order valence-corrected chi connectivity index (χ2v) is 14.0. The first kappa shape index (κ1) is 17.4. The minimum atomic E-state index is -2.96. The average molecular weight is 588 g/mol. The van der Waals surface area contributed by atoms with E-state index in [-0.39, 0.29) is 56.5 Å². The fourth-order valence-electron chi connectivity index (χ4n) is 5.69. The lowest BCUT2D eigenvalue weighted by atomic mass is 10.2. The van der Waals surface area contributed by atoms with Crippen molar-refractivity contribution in [1.82, 2.24) is 4.57 Å².